The van der Waals surface area contributed by atoms with Crippen LogP contribution in [-0.2, 0) is 14.8 Å². The van der Waals surface area contributed by atoms with Crippen LogP contribution in [0.4, 0.5) is 0 Å². The maximum absolute atomic E-state index is 12.1. The van der Waals surface area contributed by atoms with E-state index in [1.165, 1.54) is 18.3 Å². The summed E-state index contributed by atoms with van der Waals surface area (Å²) in [4.78, 5) is 13.4. The molecule has 0 amide bonds. The van der Waals surface area contributed by atoms with E-state index in [-0.39, 0.29) is 15.9 Å². The molecule has 1 fully saturated rings. The molecule has 19 heavy (non-hydrogen) atoms. The van der Waals surface area contributed by atoms with Crippen LogP contribution in [0.5, 0.6) is 0 Å². The molecule has 2 rings (SSSR count). The van der Waals surface area contributed by atoms with E-state index in [1.54, 1.807) is 0 Å². The van der Waals surface area contributed by atoms with Crippen molar-refractivity contribution in [1.82, 2.24) is 9.71 Å². The Balaban J connectivity index is 2.05. The molecule has 0 atom stereocenters. The Morgan fingerprint density at radius 3 is 2.63 bits per heavy atom. The smallest absolute Gasteiger partial charge is 0.247 e. The number of aromatic nitrogens is 1. The van der Waals surface area contributed by atoms with Crippen LogP contribution < -0.4 is 10.3 Å². The number of rotatable bonds is 4. The Kier molecular flexibility index (Phi) is 4.07. The molecule has 1 saturated heterocycles. The molecular weight excluding hydrogens is 268 g/mol. The van der Waals surface area contributed by atoms with Gasteiger partial charge >= 0.3 is 0 Å². The summed E-state index contributed by atoms with van der Waals surface area (Å²) in [7, 11) is -3.58. The first-order chi connectivity index (χ1) is 8.91. The van der Waals surface area contributed by atoms with Crippen molar-refractivity contribution in [1.29, 1.82) is 0 Å². The highest BCUT2D eigenvalue weighted by Crippen LogP contribution is 2.29. The molecule has 6 nitrogen and oxygen atoms in total. The number of H-pyrrole nitrogens is 1. The highest BCUT2D eigenvalue weighted by atomic mass is 32.2. The first kappa shape index (κ1) is 14.2. The predicted octanol–water partition coefficient (Wildman–Crippen LogP) is 0.470. The largest absolute Gasteiger partial charge is 0.381 e. The van der Waals surface area contributed by atoms with E-state index in [1.807, 2.05) is 6.92 Å². The van der Waals surface area contributed by atoms with E-state index >= 15 is 0 Å². The lowest BCUT2D eigenvalue weighted by molar-refractivity contribution is 0.0264. The summed E-state index contributed by atoms with van der Waals surface area (Å²) < 4.78 is 32.0. The van der Waals surface area contributed by atoms with E-state index in [9.17, 15) is 13.2 Å². The summed E-state index contributed by atoms with van der Waals surface area (Å²) in [6.45, 7) is 3.75. The van der Waals surface area contributed by atoms with Gasteiger partial charge in [0.15, 0.2) is 0 Å². The molecular formula is C12H18N2O4S. The van der Waals surface area contributed by atoms with Crippen LogP contribution in [0.15, 0.2) is 28.0 Å². The monoisotopic (exact) mass is 286 g/mol. The number of sulfonamides is 1. The molecule has 2 heterocycles. The molecule has 0 radical (unpaired) electrons. The van der Waals surface area contributed by atoms with E-state index in [0.29, 0.717) is 19.8 Å². The van der Waals surface area contributed by atoms with Gasteiger partial charge in [0.1, 0.15) is 0 Å². The molecule has 2 N–H and O–H groups in total. The van der Waals surface area contributed by atoms with Crippen molar-refractivity contribution in [2.75, 3.05) is 19.8 Å². The van der Waals surface area contributed by atoms with Crippen LogP contribution in [0.25, 0.3) is 0 Å². The molecule has 106 valence electrons. The van der Waals surface area contributed by atoms with Crippen LogP contribution in [0, 0.1) is 5.41 Å². The third-order valence-electron chi connectivity index (χ3n) is 3.45. The van der Waals surface area contributed by atoms with Crippen LogP contribution in [-0.4, -0.2) is 33.2 Å². The fourth-order valence-electron chi connectivity index (χ4n) is 1.96. The van der Waals surface area contributed by atoms with Gasteiger partial charge in [-0.1, -0.05) is 6.92 Å². The van der Waals surface area contributed by atoms with Crippen LogP contribution >= 0.6 is 0 Å². The molecule has 0 aliphatic carbocycles. The van der Waals surface area contributed by atoms with Crippen molar-refractivity contribution in [2.45, 2.75) is 24.7 Å². The summed E-state index contributed by atoms with van der Waals surface area (Å²) in [6.07, 6.45) is 2.87. The zero-order valence-corrected chi connectivity index (χ0v) is 11.6. The number of pyridine rings is 1. The second-order valence-corrected chi connectivity index (χ2v) is 6.90. The van der Waals surface area contributed by atoms with Gasteiger partial charge in [-0.15, -0.1) is 0 Å². The minimum absolute atomic E-state index is 0.0720. The van der Waals surface area contributed by atoms with Gasteiger partial charge in [0.05, 0.1) is 4.90 Å². The lowest BCUT2D eigenvalue weighted by Gasteiger charge is -2.33. The molecule has 0 spiro atoms. The maximum atomic E-state index is 12.1. The molecule has 1 aliphatic heterocycles. The van der Waals surface area contributed by atoms with Crippen molar-refractivity contribution in [3.05, 3.63) is 28.7 Å². The van der Waals surface area contributed by atoms with Gasteiger partial charge in [-0.05, 0) is 24.3 Å². The average molecular weight is 286 g/mol. The normalized spacial score (nSPS) is 19.2. The zero-order chi connectivity index (χ0) is 13.9. The minimum Gasteiger partial charge on any atom is -0.381 e. The molecule has 0 bridgehead atoms. The first-order valence-electron chi connectivity index (χ1n) is 6.18. The Bertz CT molecular complexity index is 567. The van der Waals surface area contributed by atoms with Gasteiger partial charge in [-0.2, -0.15) is 0 Å². The first-order valence-corrected chi connectivity index (χ1v) is 7.66. The topological polar surface area (TPSA) is 88.3 Å². The molecule has 0 aromatic carbocycles. The number of hydrogen-bond acceptors (Lipinski definition) is 4. The second kappa shape index (κ2) is 5.44. The summed E-state index contributed by atoms with van der Waals surface area (Å²) in [5.41, 5.74) is -0.400. The maximum Gasteiger partial charge on any atom is 0.247 e. The average Bonchev–Trinajstić information content (AvgIpc) is 2.38. The highest BCUT2D eigenvalue weighted by molar-refractivity contribution is 7.89. The number of aromatic amines is 1. The number of nitrogens with one attached hydrogen (secondary N) is 2. The number of hydrogen-bond donors (Lipinski definition) is 2. The molecule has 0 unspecified atom stereocenters. The Morgan fingerprint density at radius 2 is 2.05 bits per heavy atom. The van der Waals surface area contributed by atoms with Crippen LogP contribution in [0.3, 0.4) is 0 Å². The van der Waals surface area contributed by atoms with E-state index in [4.69, 9.17) is 4.74 Å². The minimum atomic E-state index is -3.58. The summed E-state index contributed by atoms with van der Waals surface area (Å²) in [5.74, 6) is 0. The summed E-state index contributed by atoms with van der Waals surface area (Å²) in [6, 6.07) is 2.50. The molecule has 1 aromatic rings. The quantitative estimate of drug-likeness (QED) is 0.842. The standard InChI is InChI=1S/C12H18N2O4S/c1-12(4-6-18-7-5-12)9-14-19(16,17)10-2-3-11(15)13-8-10/h2-3,8,14H,4-7,9H2,1H3,(H,13,15). The fourth-order valence-corrected chi connectivity index (χ4v) is 3.12. The zero-order valence-electron chi connectivity index (χ0n) is 10.8. The van der Waals surface area contributed by atoms with Crippen LogP contribution in [0.2, 0.25) is 0 Å². The fraction of sp³-hybridized carbons (Fsp3) is 0.583. The van der Waals surface area contributed by atoms with Crippen molar-refractivity contribution >= 4 is 10.0 Å². The van der Waals surface area contributed by atoms with Gasteiger partial charge in [0, 0.05) is 32.0 Å². The number of ether oxygens (including phenoxy) is 1. The van der Waals surface area contributed by atoms with Crippen LogP contribution in [0.1, 0.15) is 19.8 Å². The second-order valence-electron chi connectivity index (χ2n) is 5.14. The van der Waals surface area contributed by atoms with Crippen molar-refractivity contribution in [3.63, 3.8) is 0 Å². The Labute approximate surface area is 112 Å². The highest BCUT2D eigenvalue weighted by Gasteiger charge is 2.29. The van der Waals surface area contributed by atoms with E-state index in [0.717, 1.165) is 12.8 Å². The van der Waals surface area contributed by atoms with E-state index < -0.39 is 10.0 Å². The molecule has 7 heteroatoms. The Hall–Kier alpha value is -1.18. The third-order valence-corrected chi connectivity index (χ3v) is 4.85. The van der Waals surface area contributed by atoms with Crippen molar-refractivity contribution < 1.29 is 13.2 Å². The van der Waals surface area contributed by atoms with E-state index in [2.05, 4.69) is 9.71 Å². The van der Waals surface area contributed by atoms with Crippen molar-refractivity contribution in [2.24, 2.45) is 5.41 Å². The lowest BCUT2D eigenvalue weighted by Crippen LogP contribution is -2.39. The SMILES string of the molecule is CC1(CNS(=O)(=O)c2ccc(=O)[nH]c2)CCOCC1. The van der Waals surface area contributed by atoms with Gasteiger partial charge in [-0.3, -0.25) is 4.79 Å². The summed E-state index contributed by atoms with van der Waals surface area (Å²) >= 11 is 0. The third kappa shape index (κ3) is 3.65. The predicted molar refractivity (Wildman–Crippen MR) is 70.4 cm³/mol. The van der Waals surface area contributed by atoms with Gasteiger partial charge < -0.3 is 9.72 Å². The van der Waals surface area contributed by atoms with Crippen molar-refractivity contribution in [3.8, 4) is 0 Å². The van der Waals surface area contributed by atoms with Gasteiger partial charge in [0.25, 0.3) is 0 Å². The Morgan fingerprint density at radius 1 is 1.37 bits per heavy atom. The molecule has 1 aliphatic rings. The molecule has 1 aromatic heterocycles. The summed E-state index contributed by atoms with van der Waals surface area (Å²) in [5, 5.41) is 0. The molecule has 0 saturated carbocycles. The van der Waals surface area contributed by atoms with Gasteiger partial charge in [0.2, 0.25) is 15.6 Å². The lowest BCUT2D eigenvalue weighted by atomic mass is 9.83. The van der Waals surface area contributed by atoms with Gasteiger partial charge in [-0.25, -0.2) is 13.1 Å².